The number of aryl methyl sites for hydroxylation is 2. The smallest absolute Gasteiger partial charge is 0.319 e. The molecule has 0 aliphatic heterocycles. The van der Waals surface area contributed by atoms with Crippen molar-refractivity contribution in [2.45, 2.75) is 26.1 Å². The Morgan fingerprint density at radius 2 is 1.80 bits per heavy atom. The summed E-state index contributed by atoms with van der Waals surface area (Å²) in [5.74, 6) is 0. The number of halogens is 3. The molecule has 0 saturated carbocycles. The van der Waals surface area contributed by atoms with Crippen LogP contribution >= 0.6 is 0 Å². The maximum absolute atomic E-state index is 12.5. The van der Waals surface area contributed by atoms with Crippen LogP contribution < -0.4 is 5.73 Å². The third-order valence-electron chi connectivity index (χ3n) is 3.20. The fourth-order valence-corrected chi connectivity index (χ4v) is 2.01. The predicted octanol–water partition coefficient (Wildman–Crippen LogP) is 3.77. The van der Waals surface area contributed by atoms with Crippen LogP contribution in [0.2, 0.25) is 0 Å². The molecular formula is C15H15F3N2. The number of pyridine rings is 1. The predicted molar refractivity (Wildman–Crippen MR) is 71.2 cm³/mol. The molecule has 1 aromatic carbocycles. The van der Waals surface area contributed by atoms with E-state index in [1.807, 2.05) is 32.0 Å². The van der Waals surface area contributed by atoms with Gasteiger partial charge in [0.2, 0.25) is 0 Å². The Hall–Kier alpha value is -1.88. The minimum atomic E-state index is -4.38. The molecule has 2 rings (SSSR count). The van der Waals surface area contributed by atoms with Gasteiger partial charge in [-0.3, -0.25) is 4.98 Å². The van der Waals surface area contributed by atoms with Gasteiger partial charge in [-0.15, -0.1) is 0 Å². The Morgan fingerprint density at radius 3 is 2.35 bits per heavy atom. The Kier molecular flexibility index (Phi) is 3.81. The second-order valence-corrected chi connectivity index (χ2v) is 4.81. The summed E-state index contributed by atoms with van der Waals surface area (Å²) in [7, 11) is 0. The number of rotatable bonds is 2. The maximum Gasteiger partial charge on any atom is 0.417 e. The molecule has 106 valence electrons. The summed E-state index contributed by atoms with van der Waals surface area (Å²) < 4.78 is 37.5. The molecule has 0 bridgehead atoms. The van der Waals surface area contributed by atoms with Gasteiger partial charge >= 0.3 is 6.18 Å². The minimum absolute atomic E-state index is 0.423. The number of nitrogens with two attached hydrogens (primary N) is 1. The molecule has 0 fully saturated rings. The molecule has 0 saturated heterocycles. The van der Waals surface area contributed by atoms with Crippen molar-refractivity contribution in [2.24, 2.45) is 5.73 Å². The summed E-state index contributed by atoms with van der Waals surface area (Å²) >= 11 is 0. The lowest BCUT2D eigenvalue weighted by molar-refractivity contribution is -0.137. The highest BCUT2D eigenvalue weighted by atomic mass is 19.4. The first-order valence-electron chi connectivity index (χ1n) is 6.15. The van der Waals surface area contributed by atoms with Gasteiger partial charge in [0.15, 0.2) is 0 Å². The van der Waals surface area contributed by atoms with Gasteiger partial charge in [-0.2, -0.15) is 13.2 Å². The maximum atomic E-state index is 12.5. The normalized spacial score (nSPS) is 13.3. The van der Waals surface area contributed by atoms with Crippen LogP contribution in [0.3, 0.4) is 0 Å². The Labute approximate surface area is 115 Å². The van der Waals surface area contributed by atoms with Crippen molar-refractivity contribution in [3.63, 3.8) is 0 Å². The standard InChI is InChI=1S/C15H15F3N2/c1-9-3-4-10(2)12(7-9)14(19)13-6-5-11(8-20-13)15(16,17)18/h3-8,14H,19H2,1-2H3. The SMILES string of the molecule is Cc1ccc(C)c(C(N)c2ccc(C(F)(F)F)cn2)c1. The molecule has 1 atom stereocenters. The molecular weight excluding hydrogens is 265 g/mol. The average Bonchev–Trinajstić information content (AvgIpc) is 2.40. The largest absolute Gasteiger partial charge is 0.417 e. The van der Waals surface area contributed by atoms with Crippen molar-refractivity contribution in [1.29, 1.82) is 0 Å². The van der Waals surface area contributed by atoms with E-state index in [1.165, 1.54) is 6.07 Å². The molecule has 0 aliphatic rings. The number of alkyl halides is 3. The third kappa shape index (κ3) is 2.99. The zero-order chi connectivity index (χ0) is 14.9. The molecule has 1 aromatic heterocycles. The fraction of sp³-hybridized carbons (Fsp3) is 0.267. The lowest BCUT2D eigenvalue weighted by Crippen LogP contribution is -2.16. The highest BCUT2D eigenvalue weighted by Gasteiger charge is 2.30. The number of benzene rings is 1. The fourth-order valence-electron chi connectivity index (χ4n) is 2.01. The molecule has 0 amide bonds. The first-order valence-corrected chi connectivity index (χ1v) is 6.15. The van der Waals surface area contributed by atoms with Gasteiger partial charge in [0.1, 0.15) is 0 Å². The van der Waals surface area contributed by atoms with Crippen LogP contribution in [0, 0.1) is 13.8 Å². The van der Waals surface area contributed by atoms with Gasteiger partial charge in [0.25, 0.3) is 0 Å². The zero-order valence-electron chi connectivity index (χ0n) is 11.2. The quantitative estimate of drug-likeness (QED) is 0.909. The van der Waals surface area contributed by atoms with E-state index in [-0.39, 0.29) is 0 Å². The van der Waals surface area contributed by atoms with Crippen LogP contribution in [0.15, 0.2) is 36.5 Å². The van der Waals surface area contributed by atoms with E-state index in [1.54, 1.807) is 0 Å². The highest BCUT2D eigenvalue weighted by molar-refractivity contribution is 5.37. The van der Waals surface area contributed by atoms with Gasteiger partial charge < -0.3 is 5.73 Å². The zero-order valence-corrected chi connectivity index (χ0v) is 11.2. The van der Waals surface area contributed by atoms with E-state index < -0.39 is 17.8 Å². The van der Waals surface area contributed by atoms with Gasteiger partial charge in [0, 0.05) is 6.20 Å². The lowest BCUT2D eigenvalue weighted by atomic mass is 9.97. The summed E-state index contributed by atoms with van der Waals surface area (Å²) in [5, 5.41) is 0. The topological polar surface area (TPSA) is 38.9 Å². The van der Waals surface area contributed by atoms with Crippen molar-refractivity contribution in [3.8, 4) is 0 Å². The van der Waals surface area contributed by atoms with E-state index in [0.717, 1.165) is 29.0 Å². The second-order valence-electron chi connectivity index (χ2n) is 4.81. The minimum Gasteiger partial charge on any atom is -0.319 e. The molecule has 0 spiro atoms. The summed E-state index contributed by atoms with van der Waals surface area (Å²) in [6.45, 7) is 3.86. The number of hydrogen-bond donors (Lipinski definition) is 1. The van der Waals surface area contributed by atoms with Gasteiger partial charge in [-0.25, -0.2) is 0 Å². The summed E-state index contributed by atoms with van der Waals surface area (Å²) in [5.41, 5.74) is 8.67. The Morgan fingerprint density at radius 1 is 1.10 bits per heavy atom. The van der Waals surface area contributed by atoms with Crippen LogP contribution in [-0.2, 0) is 6.18 Å². The molecule has 2 N–H and O–H groups in total. The molecule has 2 nitrogen and oxygen atoms in total. The molecule has 5 heteroatoms. The van der Waals surface area contributed by atoms with Crippen LogP contribution in [0.4, 0.5) is 13.2 Å². The number of aromatic nitrogens is 1. The first kappa shape index (κ1) is 14.5. The Bertz CT molecular complexity index is 604. The third-order valence-corrected chi connectivity index (χ3v) is 3.20. The van der Waals surface area contributed by atoms with E-state index >= 15 is 0 Å². The number of nitrogens with zero attached hydrogens (tertiary/aromatic N) is 1. The summed E-state index contributed by atoms with van der Waals surface area (Å²) in [6, 6.07) is 7.64. The number of hydrogen-bond acceptors (Lipinski definition) is 2. The molecule has 0 aliphatic carbocycles. The van der Waals surface area contributed by atoms with Crippen LogP contribution in [0.1, 0.15) is 34.0 Å². The molecule has 2 aromatic rings. The van der Waals surface area contributed by atoms with Crippen LogP contribution in [0.5, 0.6) is 0 Å². The van der Waals surface area contributed by atoms with Gasteiger partial charge in [-0.1, -0.05) is 23.8 Å². The van der Waals surface area contributed by atoms with E-state index in [9.17, 15) is 13.2 Å². The van der Waals surface area contributed by atoms with Gasteiger partial charge in [0.05, 0.1) is 17.3 Å². The highest BCUT2D eigenvalue weighted by Crippen LogP contribution is 2.29. The monoisotopic (exact) mass is 280 g/mol. The summed E-state index contributed by atoms with van der Waals surface area (Å²) in [4.78, 5) is 3.85. The van der Waals surface area contributed by atoms with Crippen molar-refractivity contribution in [1.82, 2.24) is 4.98 Å². The van der Waals surface area contributed by atoms with Crippen LogP contribution in [0.25, 0.3) is 0 Å². The van der Waals surface area contributed by atoms with Gasteiger partial charge in [-0.05, 0) is 37.1 Å². The van der Waals surface area contributed by atoms with Crippen molar-refractivity contribution in [2.75, 3.05) is 0 Å². The molecule has 1 heterocycles. The van der Waals surface area contributed by atoms with Crippen LogP contribution in [-0.4, -0.2) is 4.98 Å². The van der Waals surface area contributed by atoms with E-state index in [4.69, 9.17) is 5.73 Å². The van der Waals surface area contributed by atoms with Crippen molar-refractivity contribution in [3.05, 3.63) is 64.5 Å². The molecule has 20 heavy (non-hydrogen) atoms. The van der Waals surface area contributed by atoms with E-state index in [0.29, 0.717) is 5.69 Å². The Balaban J connectivity index is 2.34. The van der Waals surface area contributed by atoms with E-state index in [2.05, 4.69) is 4.98 Å². The van der Waals surface area contributed by atoms with Crippen molar-refractivity contribution >= 4 is 0 Å². The summed E-state index contributed by atoms with van der Waals surface area (Å²) in [6.07, 6.45) is -3.56. The van der Waals surface area contributed by atoms with Crippen molar-refractivity contribution < 1.29 is 13.2 Å². The molecule has 1 unspecified atom stereocenters. The second kappa shape index (κ2) is 5.25. The molecule has 0 radical (unpaired) electrons. The first-order chi connectivity index (χ1) is 9.29. The lowest BCUT2D eigenvalue weighted by Gasteiger charge is -2.16. The average molecular weight is 280 g/mol.